The van der Waals surface area contributed by atoms with Gasteiger partial charge in [0.05, 0.1) is 29.1 Å². The smallest absolute Gasteiger partial charge is 0.428 e. The van der Waals surface area contributed by atoms with E-state index < -0.39 is 117 Å². The normalized spacial score (nSPS) is 30.9. The van der Waals surface area contributed by atoms with E-state index in [4.69, 9.17) is 19.4 Å². The molecule has 3 saturated carbocycles. The van der Waals surface area contributed by atoms with Gasteiger partial charge >= 0.3 is 12.3 Å². The number of ether oxygens (including phenoxy) is 2. The molecule has 3 N–H and O–H groups in total. The number of hydrogen-bond acceptors (Lipinski definition) is 10. The van der Waals surface area contributed by atoms with Crippen LogP contribution in [0.3, 0.4) is 0 Å². The van der Waals surface area contributed by atoms with Gasteiger partial charge in [0.15, 0.2) is 0 Å². The van der Waals surface area contributed by atoms with Crippen molar-refractivity contribution < 1.29 is 59.0 Å². The van der Waals surface area contributed by atoms with Crippen LogP contribution in [-0.2, 0) is 35.6 Å². The van der Waals surface area contributed by atoms with Gasteiger partial charge < -0.3 is 25.0 Å². The summed E-state index contributed by atoms with van der Waals surface area (Å²) in [5.41, 5.74) is -3.72. The predicted molar refractivity (Wildman–Crippen MR) is 225 cm³/mol. The second kappa shape index (κ2) is 18.6. The fourth-order valence-electron chi connectivity index (χ4n) is 9.86. The third-order valence-corrected chi connectivity index (χ3v) is 15.5. The Morgan fingerprint density at radius 2 is 1.72 bits per heavy atom. The first-order valence-electron chi connectivity index (χ1n) is 22.6. The van der Waals surface area contributed by atoms with Crippen LogP contribution in [-0.4, -0.2) is 101 Å². The molecular formula is C44H63F5N6O8S. The summed E-state index contributed by atoms with van der Waals surface area (Å²) in [6.45, 7) is 11.9. The number of aromatic nitrogens is 2. The predicted octanol–water partition coefficient (Wildman–Crippen LogP) is 7.08. The molecule has 5 aliphatic rings. The maximum Gasteiger partial charge on any atom is 0.428 e. The Kier molecular flexibility index (Phi) is 14.4. The summed E-state index contributed by atoms with van der Waals surface area (Å²) in [5, 5.41) is 3.96. The summed E-state index contributed by atoms with van der Waals surface area (Å²) in [5.74, 6) is -6.88. The van der Waals surface area contributed by atoms with Crippen LogP contribution in [0.1, 0.15) is 142 Å². The molecule has 358 valence electrons. The van der Waals surface area contributed by atoms with Gasteiger partial charge in [-0.2, -0.15) is 13.2 Å². The number of fused-ring (bicyclic) bond motifs is 4. The number of rotatable bonds is 10. The van der Waals surface area contributed by atoms with E-state index >= 15 is 18.0 Å². The van der Waals surface area contributed by atoms with E-state index in [0.29, 0.717) is 42.8 Å². The van der Waals surface area contributed by atoms with Gasteiger partial charge in [0.2, 0.25) is 39.7 Å². The monoisotopic (exact) mass is 930 g/mol. The van der Waals surface area contributed by atoms with Crippen molar-refractivity contribution in [3.8, 4) is 5.88 Å². The number of carbonyl (C=O) groups is 4. The molecule has 1 aromatic heterocycles. The minimum atomic E-state index is -4.93. The largest absolute Gasteiger partial charge is 0.471 e. The average Bonchev–Trinajstić information content (AvgIpc) is 4.10. The lowest BCUT2D eigenvalue weighted by atomic mass is 9.85. The Morgan fingerprint density at radius 3 is 2.31 bits per heavy atom. The lowest BCUT2D eigenvalue weighted by Gasteiger charge is -2.39. The Morgan fingerprint density at radius 1 is 1.03 bits per heavy atom. The molecule has 0 radical (unpaired) electrons. The van der Waals surface area contributed by atoms with Crippen LogP contribution >= 0.6 is 0 Å². The van der Waals surface area contributed by atoms with Crippen LogP contribution in [0, 0.1) is 30.1 Å². The summed E-state index contributed by atoms with van der Waals surface area (Å²) in [4.78, 5) is 68.1. The molecule has 3 heterocycles. The molecule has 20 heteroatoms. The minimum absolute atomic E-state index is 0.126. The van der Waals surface area contributed by atoms with Crippen LogP contribution in [0.15, 0.2) is 5.57 Å². The van der Waals surface area contributed by atoms with Crippen LogP contribution in [0.4, 0.5) is 26.7 Å². The number of alkyl carbamates (subject to hydrolysis) is 1. The van der Waals surface area contributed by atoms with Crippen molar-refractivity contribution in [3.05, 3.63) is 22.7 Å². The number of aryl methyl sites for hydroxylation is 2. The average molecular weight is 931 g/mol. The summed E-state index contributed by atoms with van der Waals surface area (Å²) in [6.07, 6.45) is -5.12. The molecule has 0 aromatic carbocycles. The highest BCUT2D eigenvalue weighted by Gasteiger charge is 2.68. The molecule has 14 nitrogen and oxygen atoms in total. The van der Waals surface area contributed by atoms with Gasteiger partial charge in [-0.05, 0) is 96.0 Å². The highest BCUT2D eigenvalue weighted by Crippen LogP contribution is 2.52. The molecule has 4 amide bonds. The maximum absolute atomic E-state index is 15.1. The van der Waals surface area contributed by atoms with Crippen molar-refractivity contribution >= 4 is 39.9 Å². The summed E-state index contributed by atoms with van der Waals surface area (Å²) in [7, 11) is -4.23. The molecule has 64 heavy (non-hydrogen) atoms. The van der Waals surface area contributed by atoms with Crippen molar-refractivity contribution in [1.29, 1.82) is 0 Å². The molecule has 0 spiro atoms. The van der Waals surface area contributed by atoms with Crippen LogP contribution in [0.2, 0.25) is 0 Å². The zero-order valence-corrected chi connectivity index (χ0v) is 38.5. The summed E-state index contributed by atoms with van der Waals surface area (Å²) < 4.78 is 114. The van der Waals surface area contributed by atoms with Gasteiger partial charge in [0, 0.05) is 11.8 Å². The highest BCUT2D eigenvalue weighted by atomic mass is 32.2. The summed E-state index contributed by atoms with van der Waals surface area (Å²) in [6, 6.07) is -3.16. The first-order valence-corrected chi connectivity index (χ1v) is 24.2. The van der Waals surface area contributed by atoms with E-state index in [1.165, 1.54) is 0 Å². The Labute approximate surface area is 372 Å². The second-order valence-corrected chi connectivity index (χ2v) is 21.5. The van der Waals surface area contributed by atoms with Crippen molar-refractivity contribution in [2.24, 2.45) is 23.2 Å². The molecule has 8 atom stereocenters. The van der Waals surface area contributed by atoms with Gasteiger partial charge in [0.1, 0.15) is 29.4 Å². The Hall–Kier alpha value is -4.10. The molecule has 2 aliphatic heterocycles. The van der Waals surface area contributed by atoms with Crippen molar-refractivity contribution in [2.45, 2.75) is 186 Å². The maximum atomic E-state index is 15.1. The number of carbonyl (C=O) groups excluding carboxylic acids is 4. The number of amides is 4. The number of sulfonamides is 1. The van der Waals surface area contributed by atoms with E-state index in [-0.39, 0.29) is 50.9 Å². The van der Waals surface area contributed by atoms with E-state index in [0.717, 1.165) is 23.3 Å². The number of hydrogen-bond donors (Lipinski definition) is 3. The van der Waals surface area contributed by atoms with Gasteiger partial charge in [-0.25, -0.2) is 27.0 Å². The van der Waals surface area contributed by atoms with Gasteiger partial charge in [0.25, 0.3) is 5.91 Å². The van der Waals surface area contributed by atoms with Crippen LogP contribution in [0.25, 0.3) is 6.08 Å². The van der Waals surface area contributed by atoms with Crippen molar-refractivity contribution in [1.82, 2.24) is 30.2 Å². The molecule has 8 unspecified atom stereocenters. The first kappa shape index (κ1) is 49.3. The van der Waals surface area contributed by atoms with Crippen molar-refractivity contribution in [2.75, 3.05) is 6.54 Å². The van der Waals surface area contributed by atoms with Crippen LogP contribution < -0.4 is 20.1 Å². The minimum Gasteiger partial charge on any atom is -0.471 e. The van der Waals surface area contributed by atoms with Gasteiger partial charge in [-0.3, -0.25) is 24.1 Å². The zero-order valence-electron chi connectivity index (χ0n) is 37.7. The fraction of sp³-hybridized carbons (Fsp3) is 0.773. The molecule has 2 bridgehead atoms. The molecular weight excluding hydrogens is 868 g/mol. The first-order chi connectivity index (χ1) is 29.9. The number of allylic oxidation sites excluding steroid dienone is 1. The second-order valence-electron chi connectivity index (χ2n) is 19.5. The van der Waals surface area contributed by atoms with Gasteiger partial charge in [-0.15, -0.1) is 0 Å². The number of nitrogens with zero attached hydrogens (tertiary/aromatic N) is 3. The van der Waals surface area contributed by atoms with E-state index in [9.17, 15) is 31.6 Å². The molecule has 1 saturated heterocycles. The number of nitrogens with one attached hydrogen (secondary N) is 3. The number of alkyl halides is 5. The van der Waals surface area contributed by atoms with E-state index in [2.05, 4.69) is 10.6 Å². The Bertz CT molecular complexity index is 2100. The summed E-state index contributed by atoms with van der Waals surface area (Å²) >= 11 is 0. The molecule has 6 rings (SSSR count). The molecule has 4 fully saturated rings. The number of halogens is 5. The van der Waals surface area contributed by atoms with Crippen molar-refractivity contribution in [3.63, 3.8) is 0 Å². The lowest BCUT2D eigenvalue weighted by Crippen LogP contribution is -2.62. The molecule has 3 aliphatic carbocycles. The standard InChI is InChI=1S/C44H63F5N6O8S/c1-8-14-24(3)21-31-25(4)50-30-17-12-10-11-15-26-16-13-20-43(26,44(47,48)49)63-40(59)52-34(41(5,6)7)38(57)55-23-32(62-37(30)51-31)28(9-2)33(55)36(56)53-42(22-29(42)35(45)46)39(58)54-64(60,61)27-18-19-27/h21,26-29,32-35H,8-20,22-23H2,1-7H3,(H,52,59)(H,53,56)(H,54,58). The third kappa shape index (κ3) is 10.1. The SMILES string of the molecule is CCCC(C)=Cc1nc2c(nc1C)CCCCCC1CCCC1(C(F)(F)F)OC(=O)NC(C(C)(C)C)C(=O)N1CC(O2)C(CC)C1C(=O)NC1(C(=O)NS(=O)(=O)C2CC2)CC1C(F)F. The zero-order chi connectivity index (χ0) is 47.2. The third-order valence-electron chi connectivity index (χ3n) is 13.7. The van der Waals surface area contributed by atoms with E-state index in [1.54, 1.807) is 34.6 Å². The quantitative estimate of drug-likeness (QED) is 0.205. The Balaban J connectivity index is 1.45. The highest BCUT2D eigenvalue weighted by molar-refractivity contribution is 7.91. The molecule has 1 aromatic rings. The van der Waals surface area contributed by atoms with Gasteiger partial charge in [-0.1, -0.05) is 59.5 Å². The lowest BCUT2D eigenvalue weighted by molar-refractivity contribution is -0.271. The topological polar surface area (TPSA) is 186 Å². The van der Waals surface area contributed by atoms with E-state index in [1.807, 2.05) is 24.6 Å². The fourth-order valence-corrected chi connectivity index (χ4v) is 11.2. The van der Waals surface area contributed by atoms with Crippen LogP contribution in [0.5, 0.6) is 5.88 Å².